The highest BCUT2D eigenvalue weighted by atomic mass is 79.9. The average molecular weight is 304 g/mol. The van der Waals surface area contributed by atoms with Crippen LogP contribution in [-0.4, -0.2) is 44.3 Å². The summed E-state index contributed by atoms with van der Waals surface area (Å²) in [6, 6.07) is 4.32. The molecule has 90 valence electrons. The second kappa shape index (κ2) is 6.71. The van der Waals surface area contributed by atoms with Crippen molar-refractivity contribution >= 4 is 27.3 Å². The Bertz CT molecular complexity index is 310. The number of hydrogen-bond acceptors (Lipinski definition) is 4. The first-order valence-electron chi connectivity index (χ1n) is 5.72. The summed E-state index contributed by atoms with van der Waals surface area (Å²) in [7, 11) is 0. The molecule has 0 atom stereocenters. The fourth-order valence-electron chi connectivity index (χ4n) is 1.80. The predicted molar refractivity (Wildman–Crippen MR) is 73.0 cm³/mol. The first-order valence-corrected chi connectivity index (χ1v) is 7.33. The maximum Gasteiger partial charge on any atom is 0.0701 e. The summed E-state index contributed by atoms with van der Waals surface area (Å²) in [6.45, 7) is 6.67. The van der Waals surface area contributed by atoms with Crippen LogP contribution in [-0.2, 0) is 6.42 Å². The lowest BCUT2D eigenvalue weighted by molar-refractivity contribution is 0.224. The van der Waals surface area contributed by atoms with Crippen LogP contribution in [0.3, 0.4) is 0 Å². The molecule has 0 unspecified atom stereocenters. The van der Waals surface area contributed by atoms with E-state index in [1.807, 2.05) is 11.3 Å². The first-order chi connectivity index (χ1) is 7.84. The molecule has 0 radical (unpaired) electrons. The zero-order valence-corrected chi connectivity index (χ0v) is 11.7. The summed E-state index contributed by atoms with van der Waals surface area (Å²) in [5.41, 5.74) is 0. The van der Waals surface area contributed by atoms with Crippen LogP contribution < -0.4 is 10.6 Å². The van der Waals surface area contributed by atoms with Gasteiger partial charge in [-0.1, -0.05) is 0 Å². The SMILES string of the molecule is Brc1ccc(CCNCN2CCNCC2)s1. The monoisotopic (exact) mass is 303 g/mol. The van der Waals surface area contributed by atoms with E-state index >= 15 is 0 Å². The molecule has 0 amide bonds. The van der Waals surface area contributed by atoms with E-state index < -0.39 is 0 Å². The van der Waals surface area contributed by atoms with Gasteiger partial charge in [-0.3, -0.25) is 4.90 Å². The van der Waals surface area contributed by atoms with Gasteiger partial charge in [-0.2, -0.15) is 0 Å². The number of rotatable bonds is 5. The molecule has 3 nitrogen and oxygen atoms in total. The molecule has 0 aliphatic carbocycles. The molecule has 1 aromatic heterocycles. The number of nitrogens with zero attached hydrogens (tertiary/aromatic N) is 1. The van der Waals surface area contributed by atoms with Gasteiger partial charge in [-0.05, 0) is 34.5 Å². The van der Waals surface area contributed by atoms with Crippen LogP contribution in [0.4, 0.5) is 0 Å². The van der Waals surface area contributed by atoms with Gasteiger partial charge in [0.2, 0.25) is 0 Å². The van der Waals surface area contributed by atoms with Gasteiger partial charge in [0.25, 0.3) is 0 Å². The van der Waals surface area contributed by atoms with Gasteiger partial charge in [0.1, 0.15) is 0 Å². The van der Waals surface area contributed by atoms with Gasteiger partial charge >= 0.3 is 0 Å². The third-order valence-corrected chi connectivity index (χ3v) is 4.41. The summed E-state index contributed by atoms with van der Waals surface area (Å²) in [4.78, 5) is 3.90. The highest BCUT2D eigenvalue weighted by Gasteiger charge is 2.07. The highest BCUT2D eigenvalue weighted by molar-refractivity contribution is 9.11. The van der Waals surface area contributed by atoms with E-state index in [1.54, 1.807) is 0 Å². The van der Waals surface area contributed by atoms with Crippen molar-refractivity contribution < 1.29 is 0 Å². The van der Waals surface area contributed by atoms with Crippen molar-refractivity contribution in [1.29, 1.82) is 0 Å². The standard InChI is InChI=1S/C11H18BrN3S/c12-11-2-1-10(16-11)3-4-14-9-15-7-5-13-6-8-15/h1-2,13-14H,3-9H2. The third-order valence-electron chi connectivity index (χ3n) is 2.72. The molecule has 1 aliphatic rings. The van der Waals surface area contributed by atoms with Gasteiger partial charge in [0.15, 0.2) is 0 Å². The molecule has 1 fully saturated rings. The second-order valence-corrected chi connectivity index (χ2v) is 6.53. The molecule has 0 aromatic carbocycles. The molecule has 2 heterocycles. The summed E-state index contributed by atoms with van der Waals surface area (Å²) >= 11 is 5.31. The molecule has 16 heavy (non-hydrogen) atoms. The van der Waals surface area contributed by atoms with E-state index in [-0.39, 0.29) is 0 Å². The Labute approximate surface area is 109 Å². The fourth-order valence-corrected chi connectivity index (χ4v) is 3.29. The van der Waals surface area contributed by atoms with Crippen molar-refractivity contribution in [3.63, 3.8) is 0 Å². The molecule has 0 bridgehead atoms. The minimum absolute atomic E-state index is 1.02. The maximum absolute atomic E-state index is 3.50. The molecular weight excluding hydrogens is 286 g/mol. The van der Waals surface area contributed by atoms with Crippen molar-refractivity contribution in [2.75, 3.05) is 39.4 Å². The molecule has 1 aliphatic heterocycles. The Morgan fingerprint density at radius 2 is 2.19 bits per heavy atom. The average Bonchev–Trinajstić information content (AvgIpc) is 2.72. The smallest absolute Gasteiger partial charge is 0.0701 e. The predicted octanol–water partition coefficient (Wildman–Crippen LogP) is 1.51. The van der Waals surface area contributed by atoms with E-state index in [2.05, 4.69) is 43.6 Å². The number of thiophene rings is 1. The quantitative estimate of drug-likeness (QED) is 0.808. The zero-order chi connectivity index (χ0) is 11.2. The lowest BCUT2D eigenvalue weighted by Gasteiger charge is -2.27. The molecule has 0 saturated carbocycles. The van der Waals surface area contributed by atoms with E-state index in [4.69, 9.17) is 0 Å². The van der Waals surface area contributed by atoms with Crippen LogP contribution >= 0.6 is 27.3 Å². The van der Waals surface area contributed by atoms with Crippen molar-refractivity contribution in [2.24, 2.45) is 0 Å². The highest BCUT2D eigenvalue weighted by Crippen LogP contribution is 2.21. The molecule has 2 rings (SSSR count). The number of hydrogen-bond donors (Lipinski definition) is 2. The van der Waals surface area contributed by atoms with Crippen LogP contribution in [0.5, 0.6) is 0 Å². The number of piperazine rings is 1. The van der Waals surface area contributed by atoms with E-state index in [9.17, 15) is 0 Å². The second-order valence-electron chi connectivity index (χ2n) is 3.98. The van der Waals surface area contributed by atoms with Crippen LogP contribution in [0.15, 0.2) is 15.9 Å². The van der Waals surface area contributed by atoms with Crippen molar-refractivity contribution in [1.82, 2.24) is 15.5 Å². The van der Waals surface area contributed by atoms with Gasteiger partial charge < -0.3 is 10.6 Å². The Balaban J connectivity index is 1.57. The Kier molecular flexibility index (Phi) is 5.25. The van der Waals surface area contributed by atoms with Crippen LogP contribution in [0.2, 0.25) is 0 Å². The molecule has 1 aromatic rings. The van der Waals surface area contributed by atoms with Gasteiger partial charge in [0.05, 0.1) is 3.79 Å². The van der Waals surface area contributed by atoms with Gasteiger partial charge in [0, 0.05) is 44.3 Å². The minimum atomic E-state index is 1.02. The minimum Gasteiger partial charge on any atom is -0.314 e. The summed E-state index contributed by atoms with van der Waals surface area (Å²) < 4.78 is 1.23. The van der Waals surface area contributed by atoms with E-state index in [0.29, 0.717) is 0 Å². The van der Waals surface area contributed by atoms with E-state index in [1.165, 1.54) is 8.66 Å². The molecule has 0 spiro atoms. The normalized spacial score (nSPS) is 17.8. The van der Waals surface area contributed by atoms with Crippen LogP contribution in [0.1, 0.15) is 4.88 Å². The lowest BCUT2D eigenvalue weighted by atomic mass is 10.3. The third kappa shape index (κ3) is 4.14. The van der Waals surface area contributed by atoms with E-state index in [0.717, 1.165) is 45.8 Å². The Morgan fingerprint density at radius 1 is 1.38 bits per heavy atom. The fraction of sp³-hybridized carbons (Fsp3) is 0.636. The maximum atomic E-state index is 3.50. The van der Waals surface area contributed by atoms with Crippen LogP contribution in [0, 0.1) is 0 Å². The van der Waals surface area contributed by atoms with Crippen molar-refractivity contribution in [3.8, 4) is 0 Å². The topological polar surface area (TPSA) is 27.3 Å². The lowest BCUT2D eigenvalue weighted by Crippen LogP contribution is -2.47. The summed E-state index contributed by atoms with van der Waals surface area (Å²) in [5, 5.41) is 6.86. The first kappa shape index (κ1) is 12.5. The van der Waals surface area contributed by atoms with Gasteiger partial charge in [-0.15, -0.1) is 11.3 Å². The Morgan fingerprint density at radius 3 is 2.88 bits per heavy atom. The number of halogens is 1. The zero-order valence-electron chi connectivity index (χ0n) is 9.34. The summed E-state index contributed by atoms with van der Waals surface area (Å²) in [6.07, 6.45) is 1.13. The molecular formula is C11H18BrN3S. The number of nitrogens with one attached hydrogen (secondary N) is 2. The van der Waals surface area contributed by atoms with Crippen LogP contribution in [0.25, 0.3) is 0 Å². The van der Waals surface area contributed by atoms with Crippen molar-refractivity contribution in [3.05, 3.63) is 20.8 Å². The van der Waals surface area contributed by atoms with Crippen molar-refractivity contribution in [2.45, 2.75) is 6.42 Å². The molecule has 5 heteroatoms. The Hall–Kier alpha value is 0.0600. The van der Waals surface area contributed by atoms with Gasteiger partial charge in [-0.25, -0.2) is 0 Å². The summed E-state index contributed by atoms with van der Waals surface area (Å²) in [5.74, 6) is 0. The molecule has 2 N–H and O–H groups in total. The molecule has 1 saturated heterocycles. The largest absolute Gasteiger partial charge is 0.314 e.